The first-order chi connectivity index (χ1) is 12.0. The van der Waals surface area contributed by atoms with Crippen LogP contribution in [0.1, 0.15) is 0 Å². The minimum atomic E-state index is -3.44. The third kappa shape index (κ3) is 4.64. The minimum absolute atomic E-state index is 0.0693. The number of pyridine rings is 1. The number of rotatable bonds is 5. The summed E-state index contributed by atoms with van der Waals surface area (Å²) >= 11 is 11.9. The number of benzene rings is 1. The normalized spacial score (nSPS) is 16.2. The first kappa shape index (κ1) is 18.5. The van der Waals surface area contributed by atoms with Crippen LogP contribution in [0.15, 0.2) is 47.5 Å². The second-order valence-corrected chi connectivity index (χ2v) is 9.05. The van der Waals surface area contributed by atoms with Crippen molar-refractivity contribution in [2.45, 2.75) is 4.90 Å². The van der Waals surface area contributed by atoms with E-state index in [1.165, 1.54) is 17.0 Å². The van der Waals surface area contributed by atoms with Crippen molar-refractivity contribution < 1.29 is 18.3 Å². The lowest BCUT2D eigenvalue weighted by Gasteiger charge is -2.28. The van der Waals surface area contributed by atoms with E-state index in [1.54, 1.807) is 6.07 Å². The second-order valence-electron chi connectivity index (χ2n) is 6.13. The predicted molar refractivity (Wildman–Crippen MR) is 99.3 cm³/mol. The highest BCUT2D eigenvalue weighted by molar-refractivity contribution is 7.91. The van der Waals surface area contributed by atoms with Crippen molar-refractivity contribution in [3.8, 4) is 0 Å². The van der Waals surface area contributed by atoms with Gasteiger partial charge in [-0.25, -0.2) is 13.4 Å². The molecule has 1 aromatic heterocycles. The van der Waals surface area contributed by atoms with Crippen LogP contribution in [0.4, 0.5) is 5.82 Å². The monoisotopic (exact) mass is 401 g/mol. The molecule has 0 aliphatic carbocycles. The van der Waals surface area contributed by atoms with Crippen LogP contribution in [0.25, 0.3) is 0 Å². The Labute approximate surface area is 158 Å². The van der Waals surface area contributed by atoms with E-state index in [0.717, 1.165) is 32.0 Å². The van der Waals surface area contributed by atoms with Crippen LogP contribution in [0.2, 0.25) is 10.0 Å². The maximum atomic E-state index is 12.6. The number of aromatic nitrogens is 1. The average Bonchev–Trinajstić information content (AvgIpc) is 2.63. The number of nitrogens with zero attached hydrogens (tertiary/aromatic N) is 1. The van der Waals surface area contributed by atoms with Crippen LogP contribution in [0.3, 0.4) is 0 Å². The fraction of sp³-hybridized carbons (Fsp3) is 0.353. The van der Waals surface area contributed by atoms with Crippen LogP contribution >= 0.6 is 23.2 Å². The summed E-state index contributed by atoms with van der Waals surface area (Å²) in [5.41, 5.74) is 0. The molecule has 0 amide bonds. The molecule has 2 heterocycles. The highest BCUT2D eigenvalue weighted by Crippen LogP contribution is 2.25. The van der Waals surface area contributed by atoms with Crippen LogP contribution in [-0.2, 0) is 9.84 Å². The van der Waals surface area contributed by atoms with Gasteiger partial charge in [0.2, 0.25) is 0 Å². The Morgan fingerprint density at radius 2 is 1.88 bits per heavy atom. The molecule has 1 fully saturated rings. The van der Waals surface area contributed by atoms with Gasteiger partial charge in [-0.2, -0.15) is 0 Å². The molecule has 0 unspecified atom stereocenters. The Kier molecular flexibility index (Phi) is 5.84. The maximum Gasteiger partial charge on any atom is 0.274 e. The number of halogens is 2. The highest BCUT2D eigenvalue weighted by Gasteiger charge is 2.28. The number of quaternary nitrogens is 1. The van der Waals surface area contributed by atoms with Crippen LogP contribution in [0.5, 0.6) is 0 Å². The van der Waals surface area contributed by atoms with Crippen LogP contribution in [-0.4, -0.2) is 46.9 Å². The van der Waals surface area contributed by atoms with E-state index in [2.05, 4.69) is 16.0 Å². The number of hydrogen-bond donors (Lipinski definition) is 1. The summed E-state index contributed by atoms with van der Waals surface area (Å²) in [7, 11) is -3.44. The summed E-state index contributed by atoms with van der Waals surface area (Å²) in [4.78, 5) is 6.93. The highest BCUT2D eigenvalue weighted by atomic mass is 35.5. The van der Waals surface area contributed by atoms with Crippen LogP contribution in [0, 0.1) is 0 Å². The third-order valence-corrected chi connectivity index (χ3v) is 6.88. The number of sulfone groups is 1. The summed E-state index contributed by atoms with van der Waals surface area (Å²) in [6, 6.07) is 10.6. The molecule has 0 bridgehead atoms. The fourth-order valence-corrected chi connectivity index (χ4v) is 5.15. The number of anilines is 1. The Bertz CT molecular complexity index is 823. The number of aromatic amines is 1. The maximum absolute atomic E-state index is 12.6. The van der Waals surface area contributed by atoms with E-state index < -0.39 is 9.84 Å². The molecule has 0 saturated carbocycles. The van der Waals surface area contributed by atoms with E-state index in [9.17, 15) is 8.42 Å². The lowest BCUT2D eigenvalue weighted by molar-refractivity contribution is -0.898. The van der Waals surface area contributed by atoms with Crippen molar-refractivity contribution >= 4 is 38.9 Å². The Morgan fingerprint density at radius 1 is 1.12 bits per heavy atom. The zero-order chi connectivity index (χ0) is 17.9. The van der Waals surface area contributed by atoms with Gasteiger partial charge in [-0.05, 0) is 24.3 Å². The molecule has 3 rings (SSSR count). The molecule has 1 saturated heterocycles. The van der Waals surface area contributed by atoms with Crippen LogP contribution < -0.4 is 14.8 Å². The summed E-state index contributed by atoms with van der Waals surface area (Å²) < 4.78 is 25.1. The van der Waals surface area contributed by atoms with Crippen molar-refractivity contribution in [1.82, 2.24) is 0 Å². The van der Waals surface area contributed by atoms with E-state index >= 15 is 0 Å². The number of nitrogens with one attached hydrogen (secondary N) is 2. The molecule has 25 heavy (non-hydrogen) atoms. The molecule has 0 spiro atoms. The minimum Gasteiger partial charge on any atom is -0.328 e. The van der Waals surface area contributed by atoms with Crippen molar-refractivity contribution in [3.05, 3.63) is 52.6 Å². The summed E-state index contributed by atoms with van der Waals surface area (Å²) in [6.45, 7) is 4.17. The molecule has 2 aromatic rings. The first-order valence-corrected chi connectivity index (χ1v) is 10.6. The zero-order valence-corrected chi connectivity index (χ0v) is 16.0. The molecular weight excluding hydrogens is 381 g/mol. The molecule has 1 aliphatic rings. The average molecular weight is 402 g/mol. The molecule has 1 aliphatic heterocycles. The molecule has 8 heteroatoms. The predicted octanol–water partition coefficient (Wildman–Crippen LogP) is 0.986. The lowest BCUT2D eigenvalue weighted by Crippen LogP contribution is -3.15. The summed E-state index contributed by atoms with van der Waals surface area (Å²) in [6.07, 6.45) is 1.91. The van der Waals surface area contributed by atoms with E-state index in [1.807, 2.05) is 18.3 Å². The molecule has 1 aromatic carbocycles. The fourth-order valence-electron chi connectivity index (χ4n) is 3.00. The second kappa shape index (κ2) is 7.91. The van der Waals surface area contributed by atoms with Gasteiger partial charge in [0.05, 0.1) is 22.7 Å². The van der Waals surface area contributed by atoms with Gasteiger partial charge in [-0.15, -0.1) is 0 Å². The van der Waals surface area contributed by atoms with Gasteiger partial charge in [0.15, 0.2) is 9.84 Å². The summed E-state index contributed by atoms with van der Waals surface area (Å²) in [5.74, 6) is 1.17. The quantitative estimate of drug-likeness (QED) is 0.812. The Hall–Kier alpha value is -1.34. The van der Waals surface area contributed by atoms with Gasteiger partial charge in [-0.3, -0.25) is 4.90 Å². The standard InChI is InChI=1S/C17H19Cl2N3O2S/c18-14-4-5-15(19)16(13-14)25(23,24)12-11-21-7-9-22(10-8-21)17-3-1-2-6-20-17/h1-6,13H,7-12H2/p+2. The Balaban J connectivity index is 1.57. The van der Waals surface area contributed by atoms with E-state index in [-0.39, 0.29) is 15.7 Å². The molecule has 0 radical (unpaired) electrons. The van der Waals surface area contributed by atoms with Gasteiger partial charge in [0.1, 0.15) is 31.9 Å². The Morgan fingerprint density at radius 3 is 2.56 bits per heavy atom. The van der Waals surface area contributed by atoms with Gasteiger partial charge in [0, 0.05) is 11.1 Å². The van der Waals surface area contributed by atoms with Crippen molar-refractivity contribution in [1.29, 1.82) is 0 Å². The number of H-pyrrole nitrogens is 1. The molecule has 134 valence electrons. The first-order valence-electron chi connectivity index (χ1n) is 8.19. The van der Waals surface area contributed by atoms with E-state index in [0.29, 0.717) is 11.6 Å². The number of hydrogen-bond acceptors (Lipinski definition) is 3. The zero-order valence-electron chi connectivity index (χ0n) is 13.7. The van der Waals surface area contributed by atoms with E-state index in [4.69, 9.17) is 23.2 Å². The van der Waals surface area contributed by atoms with Crippen molar-refractivity contribution in [3.63, 3.8) is 0 Å². The smallest absolute Gasteiger partial charge is 0.274 e. The van der Waals surface area contributed by atoms with Gasteiger partial charge in [-0.1, -0.05) is 29.3 Å². The van der Waals surface area contributed by atoms with Crippen molar-refractivity contribution in [2.75, 3.05) is 43.4 Å². The largest absolute Gasteiger partial charge is 0.328 e. The lowest BCUT2D eigenvalue weighted by atomic mass is 10.3. The van der Waals surface area contributed by atoms with Crippen molar-refractivity contribution in [2.24, 2.45) is 0 Å². The molecular formula is C17H21Cl2N3O2S+2. The molecule has 0 atom stereocenters. The number of piperazine rings is 1. The molecule has 2 N–H and O–H groups in total. The van der Waals surface area contributed by atoms with Gasteiger partial charge >= 0.3 is 0 Å². The van der Waals surface area contributed by atoms with Gasteiger partial charge < -0.3 is 4.90 Å². The SMILES string of the molecule is O=S(=O)(CC[NH+]1CCN(c2cccc[nH+]2)CC1)c1cc(Cl)ccc1Cl. The topological polar surface area (TPSA) is 56.0 Å². The molecule has 5 nitrogen and oxygen atoms in total. The third-order valence-electron chi connectivity index (χ3n) is 4.46. The van der Waals surface area contributed by atoms with Gasteiger partial charge in [0.25, 0.3) is 5.82 Å². The summed E-state index contributed by atoms with van der Waals surface area (Å²) in [5, 5.41) is 0.604.